The van der Waals surface area contributed by atoms with E-state index in [2.05, 4.69) is 14.9 Å². The van der Waals surface area contributed by atoms with Crippen molar-refractivity contribution in [2.45, 2.75) is 53.3 Å². The van der Waals surface area contributed by atoms with E-state index in [9.17, 15) is 13.2 Å². The van der Waals surface area contributed by atoms with Crippen molar-refractivity contribution in [2.24, 2.45) is 0 Å². The van der Waals surface area contributed by atoms with E-state index in [0.29, 0.717) is 24.3 Å². The Labute approximate surface area is 220 Å². The highest BCUT2D eigenvalue weighted by molar-refractivity contribution is 5.81. The van der Waals surface area contributed by atoms with E-state index >= 15 is 0 Å². The first-order chi connectivity index (χ1) is 18.2. The number of rotatable bonds is 8. The molecule has 0 saturated heterocycles. The van der Waals surface area contributed by atoms with Gasteiger partial charge in [-0.05, 0) is 69.0 Å². The summed E-state index contributed by atoms with van der Waals surface area (Å²) in [6.45, 7) is 9.48. The van der Waals surface area contributed by atoms with Crippen LogP contribution in [0.25, 0.3) is 22.6 Å². The maximum atomic E-state index is 14.5. The highest BCUT2D eigenvalue weighted by atomic mass is 19.4. The van der Waals surface area contributed by atoms with Crippen LogP contribution in [0.15, 0.2) is 60.8 Å². The lowest BCUT2D eigenvalue weighted by atomic mass is 10.1. The van der Waals surface area contributed by atoms with Crippen LogP contribution in [0.4, 0.5) is 13.2 Å². The summed E-state index contributed by atoms with van der Waals surface area (Å²) >= 11 is 0. The van der Waals surface area contributed by atoms with Gasteiger partial charge in [0.05, 0.1) is 16.9 Å². The van der Waals surface area contributed by atoms with Crippen LogP contribution in [-0.2, 0) is 19.1 Å². The number of nitrogens with zero attached hydrogens (tertiary/aromatic N) is 5. The first kappa shape index (κ1) is 26.0. The lowest BCUT2D eigenvalue weighted by Gasteiger charge is -2.22. The molecule has 38 heavy (non-hydrogen) atoms. The molecule has 0 N–H and O–H groups in total. The van der Waals surface area contributed by atoms with Gasteiger partial charge < -0.3 is 0 Å². The minimum atomic E-state index is -4.59. The van der Waals surface area contributed by atoms with Crippen molar-refractivity contribution in [1.82, 2.24) is 23.8 Å². The van der Waals surface area contributed by atoms with Gasteiger partial charge in [-0.2, -0.15) is 13.2 Å². The third-order valence-electron chi connectivity index (χ3n) is 6.97. The molecule has 0 aliphatic rings. The van der Waals surface area contributed by atoms with Crippen LogP contribution in [0.2, 0.25) is 0 Å². The van der Waals surface area contributed by atoms with E-state index in [-0.39, 0.29) is 18.0 Å². The maximum absolute atomic E-state index is 14.5. The number of hydrogen-bond donors (Lipinski definition) is 0. The smallest absolute Gasteiger partial charge is 0.297 e. The second-order valence-electron chi connectivity index (χ2n) is 9.98. The number of halogens is 3. The number of benzene rings is 2. The van der Waals surface area contributed by atoms with Gasteiger partial charge in [0.25, 0.3) is 0 Å². The third kappa shape index (κ3) is 4.80. The van der Waals surface area contributed by atoms with Crippen LogP contribution in [0.1, 0.15) is 47.0 Å². The highest BCUT2D eigenvalue weighted by Gasteiger charge is 2.40. The van der Waals surface area contributed by atoms with Crippen LogP contribution < -0.4 is 0 Å². The van der Waals surface area contributed by atoms with Gasteiger partial charge in [-0.3, -0.25) is 13.9 Å². The molecule has 0 bridgehead atoms. The van der Waals surface area contributed by atoms with Gasteiger partial charge >= 0.3 is 6.18 Å². The third-order valence-corrected chi connectivity index (χ3v) is 6.97. The lowest BCUT2D eigenvalue weighted by Crippen LogP contribution is -2.28. The Morgan fingerprint density at radius 3 is 2.29 bits per heavy atom. The first-order valence-corrected chi connectivity index (χ1v) is 13.0. The molecule has 5 rings (SSSR count). The Hall–Kier alpha value is -3.65. The van der Waals surface area contributed by atoms with E-state index in [1.807, 2.05) is 76.2 Å². The van der Waals surface area contributed by atoms with Gasteiger partial charge in [0, 0.05) is 19.3 Å². The average Bonchev–Trinajstić information content (AvgIpc) is 3.39. The van der Waals surface area contributed by atoms with E-state index in [1.54, 1.807) is 21.2 Å². The second-order valence-corrected chi connectivity index (χ2v) is 9.98. The molecule has 0 aliphatic heterocycles. The molecule has 0 radical (unpaired) electrons. The highest BCUT2D eigenvalue weighted by Crippen LogP contribution is 2.37. The molecule has 2 aromatic carbocycles. The van der Waals surface area contributed by atoms with Crippen LogP contribution in [0.5, 0.6) is 0 Å². The Balaban J connectivity index is 1.70. The van der Waals surface area contributed by atoms with Gasteiger partial charge in [-0.15, -0.1) is 0 Å². The molecule has 0 fully saturated rings. The molecule has 3 aromatic heterocycles. The molecule has 198 valence electrons. The second kappa shape index (κ2) is 10.3. The van der Waals surface area contributed by atoms with E-state index < -0.39 is 11.9 Å². The number of aromatic nitrogens is 4. The molecule has 0 amide bonds. The van der Waals surface area contributed by atoms with Crippen molar-refractivity contribution in [3.8, 4) is 5.69 Å². The normalized spacial score (nSPS) is 12.3. The van der Waals surface area contributed by atoms with Crippen molar-refractivity contribution in [1.29, 1.82) is 0 Å². The summed E-state index contributed by atoms with van der Waals surface area (Å²) in [6, 6.07) is 17.7. The number of hydrogen-bond acceptors (Lipinski definition) is 3. The van der Waals surface area contributed by atoms with Crippen molar-refractivity contribution in [3.63, 3.8) is 0 Å². The molecular formula is C30H32F3N5. The van der Waals surface area contributed by atoms with E-state index in [0.717, 1.165) is 40.8 Å². The fraction of sp³-hybridized carbons (Fsp3) is 0.333. The topological polar surface area (TPSA) is 38.4 Å². The van der Waals surface area contributed by atoms with Gasteiger partial charge in [-0.25, -0.2) is 9.97 Å². The van der Waals surface area contributed by atoms with Gasteiger partial charge in [-0.1, -0.05) is 55.0 Å². The zero-order valence-electron chi connectivity index (χ0n) is 22.2. The Bertz CT molecular complexity index is 1560. The molecule has 0 unspecified atom stereocenters. The van der Waals surface area contributed by atoms with Crippen LogP contribution in [0, 0.1) is 20.8 Å². The summed E-state index contributed by atoms with van der Waals surface area (Å²) in [5.41, 5.74) is 5.50. The number of alkyl halides is 3. The standard InChI is InChI=1S/C30H32F3N5/c1-5-15-36(16-13-23-10-7-6-8-11-23)19-25-27(30(31,32)33)35-29-37(25)24-12-9-14-34-28(24)38(29)26-21(3)17-20(2)18-22(26)4/h6-12,14,17-18H,5,13,15-16,19H2,1-4H3. The van der Waals surface area contributed by atoms with Crippen molar-refractivity contribution < 1.29 is 13.2 Å². The number of aryl methyl sites for hydroxylation is 3. The Morgan fingerprint density at radius 1 is 0.921 bits per heavy atom. The van der Waals surface area contributed by atoms with Crippen LogP contribution in [-0.4, -0.2) is 36.9 Å². The fourth-order valence-corrected chi connectivity index (χ4v) is 5.51. The molecule has 5 aromatic rings. The van der Waals surface area contributed by atoms with E-state index in [4.69, 9.17) is 0 Å². The minimum Gasteiger partial charge on any atom is -0.297 e. The Morgan fingerprint density at radius 2 is 1.63 bits per heavy atom. The summed E-state index contributed by atoms with van der Waals surface area (Å²) in [5.74, 6) is 0.232. The summed E-state index contributed by atoms with van der Waals surface area (Å²) in [7, 11) is 0. The summed E-state index contributed by atoms with van der Waals surface area (Å²) in [4.78, 5) is 11.0. The maximum Gasteiger partial charge on any atom is 0.435 e. The summed E-state index contributed by atoms with van der Waals surface area (Å²) in [6.07, 6.45) is -1.32. The average molecular weight is 520 g/mol. The number of fused-ring (bicyclic) bond motifs is 3. The summed E-state index contributed by atoms with van der Waals surface area (Å²) in [5, 5.41) is 0. The minimum absolute atomic E-state index is 0.135. The molecule has 0 saturated carbocycles. The molecule has 0 atom stereocenters. The molecular weight excluding hydrogens is 487 g/mol. The predicted molar refractivity (Wildman–Crippen MR) is 145 cm³/mol. The molecule has 0 aliphatic carbocycles. The SMILES string of the molecule is CCCN(CCc1ccccc1)Cc1c(C(F)(F)F)nc2n(-c3c(C)cc(C)cc3C)c3ncccc3n12. The molecule has 3 heterocycles. The van der Waals surface area contributed by atoms with Gasteiger partial charge in [0.2, 0.25) is 5.78 Å². The first-order valence-electron chi connectivity index (χ1n) is 13.0. The van der Waals surface area contributed by atoms with Crippen molar-refractivity contribution >= 4 is 16.9 Å². The van der Waals surface area contributed by atoms with Crippen molar-refractivity contribution in [3.05, 3.63) is 94.4 Å². The molecule has 0 spiro atoms. The largest absolute Gasteiger partial charge is 0.435 e. The fourth-order valence-electron chi connectivity index (χ4n) is 5.51. The van der Waals surface area contributed by atoms with Gasteiger partial charge in [0.15, 0.2) is 11.3 Å². The lowest BCUT2D eigenvalue weighted by molar-refractivity contribution is -0.141. The number of imidazole rings is 2. The monoisotopic (exact) mass is 519 g/mol. The summed E-state index contributed by atoms with van der Waals surface area (Å²) < 4.78 is 46.9. The zero-order chi connectivity index (χ0) is 27.0. The molecule has 5 nitrogen and oxygen atoms in total. The number of pyridine rings is 1. The van der Waals surface area contributed by atoms with Crippen LogP contribution >= 0.6 is 0 Å². The Kier molecular flexibility index (Phi) is 7.01. The van der Waals surface area contributed by atoms with Crippen LogP contribution in [0.3, 0.4) is 0 Å². The quantitative estimate of drug-likeness (QED) is 0.220. The predicted octanol–water partition coefficient (Wildman–Crippen LogP) is 7.07. The van der Waals surface area contributed by atoms with Crippen molar-refractivity contribution in [2.75, 3.05) is 13.1 Å². The van der Waals surface area contributed by atoms with Gasteiger partial charge in [0.1, 0.15) is 0 Å². The zero-order valence-corrected chi connectivity index (χ0v) is 22.2. The molecule has 8 heteroatoms. The van der Waals surface area contributed by atoms with E-state index in [1.165, 1.54) is 0 Å².